The Hall–Kier alpha value is -3.23. The Labute approximate surface area is 149 Å². The maximum absolute atomic E-state index is 12.0. The summed E-state index contributed by atoms with van der Waals surface area (Å²) in [5.41, 5.74) is 1.17. The van der Waals surface area contributed by atoms with E-state index >= 15 is 0 Å². The van der Waals surface area contributed by atoms with Crippen molar-refractivity contribution >= 4 is 29.6 Å². The van der Waals surface area contributed by atoms with E-state index < -0.39 is 36.8 Å². The number of carbonyl (C=O) groups is 5. The van der Waals surface area contributed by atoms with E-state index in [0.29, 0.717) is 12.1 Å². The summed E-state index contributed by atoms with van der Waals surface area (Å²) in [7, 11) is 1.45. The van der Waals surface area contributed by atoms with Gasteiger partial charge in [0.1, 0.15) is 13.1 Å². The van der Waals surface area contributed by atoms with Crippen LogP contribution < -0.4 is 5.32 Å². The van der Waals surface area contributed by atoms with Crippen LogP contribution in [0.3, 0.4) is 0 Å². The Morgan fingerprint density at radius 1 is 1.15 bits per heavy atom. The molecule has 1 heterocycles. The van der Waals surface area contributed by atoms with E-state index in [0.717, 1.165) is 10.5 Å². The predicted molar refractivity (Wildman–Crippen MR) is 89.0 cm³/mol. The zero-order valence-corrected chi connectivity index (χ0v) is 14.5. The summed E-state index contributed by atoms with van der Waals surface area (Å²) in [6.45, 7) is 0.662. The van der Waals surface area contributed by atoms with Crippen molar-refractivity contribution in [3.63, 3.8) is 0 Å². The number of esters is 1. The number of hydrogen-bond donors (Lipinski definition) is 1. The molecule has 0 aromatic heterocycles. The summed E-state index contributed by atoms with van der Waals surface area (Å²) in [5, 5.41) is 2.64. The molecule has 1 N–H and O–H groups in total. The number of Topliss-reactive ketones (excluding diaryl/α,β-unsaturated/α-hetero) is 1. The van der Waals surface area contributed by atoms with E-state index in [-0.39, 0.29) is 12.5 Å². The Balaban J connectivity index is 1.82. The minimum absolute atomic E-state index is 0.0874. The van der Waals surface area contributed by atoms with Crippen LogP contribution in [0, 0.1) is 0 Å². The van der Waals surface area contributed by atoms with Gasteiger partial charge in [0.2, 0.25) is 5.91 Å². The summed E-state index contributed by atoms with van der Waals surface area (Å²) >= 11 is 0. The second-order valence-electron chi connectivity index (χ2n) is 5.81. The van der Waals surface area contributed by atoms with Crippen LogP contribution in [0.15, 0.2) is 24.3 Å². The number of amides is 4. The summed E-state index contributed by atoms with van der Waals surface area (Å²) < 4.78 is 4.85. The van der Waals surface area contributed by atoms with E-state index in [1.54, 1.807) is 24.3 Å². The van der Waals surface area contributed by atoms with Gasteiger partial charge in [-0.05, 0) is 5.56 Å². The second kappa shape index (κ2) is 8.24. The number of urea groups is 1. The highest BCUT2D eigenvalue weighted by atomic mass is 16.5. The van der Waals surface area contributed by atoms with Crippen molar-refractivity contribution in [2.45, 2.75) is 13.5 Å². The van der Waals surface area contributed by atoms with Crippen LogP contribution in [0.5, 0.6) is 0 Å². The zero-order chi connectivity index (χ0) is 19.3. The highest BCUT2D eigenvalue weighted by Crippen LogP contribution is 2.08. The smallest absolute Gasteiger partial charge is 0.327 e. The molecule has 0 radical (unpaired) electrons. The molecule has 9 heteroatoms. The maximum atomic E-state index is 12.0. The average molecular weight is 361 g/mol. The van der Waals surface area contributed by atoms with Crippen molar-refractivity contribution in [1.82, 2.24) is 15.1 Å². The summed E-state index contributed by atoms with van der Waals surface area (Å²) in [4.78, 5) is 59.9. The Morgan fingerprint density at radius 2 is 1.81 bits per heavy atom. The first kappa shape index (κ1) is 19.1. The third kappa shape index (κ3) is 4.88. The molecule has 0 atom stereocenters. The van der Waals surface area contributed by atoms with Crippen molar-refractivity contribution in [1.29, 1.82) is 0 Å². The molecule has 1 fully saturated rings. The number of nitrogens with zero attached hydrogens (tertiary/aromatic N) is 2. The molecule has 0 bridgehead atoms. The molecular formula is C17H19N3O6. The van der Waals surface area contributed by atoms with Crippen LogP contribution in [-0.4, -0.2) is 66.1 Å². The SMILES string of the molecule is CC(=O)NCc1ccc(C(=O)COC(=O)CN2C(=O)CN(C)C2=O)cc1. The number of imide groups is 1. The number of rotatable bonds is 7. The third-order valence-corrected chi connectivity index (χ3v) is 3.70. The first-order valence-corrected chi connectivity index (χ1v) is 7.85. The van der Waals surface area contributed by atoms with Gasteiger partial charge in [-0.1, -0.05) is 24.3 Å². The molecule has 1 aliphatic rings. The highest BCUT2D eigenvalue weighted by Gasteiger charge is 2.35. The topological polar surface area (TPSA) is 113 Å². The Kier molecular flexibility index (Phi) is 6.05. The number of ether oxygens (including phenoxy) is 1. The lowest BCUT2D eigenvalue weighted by atomic mass is 10.1. The minimum Gasteiger partial charge on any atom is -0.456 e. The fourth-order valence-electron chi connectivity index (χ4n) is 2.26. The van der Waals surface area contributed by atoms with Crippen LogP contribution >= 0.6 is 0 Å². The normalized spacial score (nSPS) is 13.8. The molecule has 1 aromatic carbocycles. The standard InChI is InChI=1S/C17H19N3O6/c1-11(21)18-7-12-3-5-13(6-4-12)14(22)10-26-16(24)9-20-15(23)8-19(2)17(20)25/h3-6H,7-10H2,1-2H3,(H,18,21). The van der Waals surface area contributed by atoms with Gasteiger partial charge in [0.15, 0.2) is 12.4 Å². The molecule has 1 aliphatic heterocycles. The largest absolute Gasteiger partial charge is 0.456 e. The molecule has 26 heavy (non-hydrogen) atoms. The van der Waals surface area contributed by atoms with Crippen LogP contribution in [0.1, 0.15) is 22.8 Å². The molecule has 138 valence electrons. The van der Waals surface area contributed by atoms with E-state index in [1.165, 1.54) is 18.9 Å². The van der Waals surface area contributed by atoms with Crippen LogP contribution in [0.4, 0.5) is 4.79 Å². The van der Waals surface area contributed by atoms with Gasteiger partial charge in [0.25, 0.3) is 5.91 Å². The lowest BCUT2D eigenvalue weighted by Crippen LogP contribution is -2.37. The number of carbonyl (C=O) groups excluding carboxylic acids is 5. The third-order valence-electron chi connectivity index (χ3n) is 3.70. The number of benzene rings is 1. The summed E-state index contributed by atoms with van der Waals surface area (Å²) in [5.74, 6) is -1.90. The van der Waals surface area contributed by atoms with E-state index in [1.807, 2.05) is 0 Å². The van der Waals surface area contributed by atoms with Crippen molar-refractivity contribution in [2.75, 3.05) is 26.7 Å². The van der Waals surface area contributed by atoms with Crippen LogP contribution in [-0.2, 0) is 25.7 Å². The van der Waals surface area contributed by atoms with E-state index in [9.17, 15) is 24.0 Å². The number of ketones is 1. The van der Waals surface area contributed by atoms with Gasteiger partial charge in [0.05, 0.1) is 0 Å². The molecule has 2 rings (SSSR count). The van der Waals surface area contributed by atoms with Crippen LogP contribution in [0.25, 0.3) is 0 Å². The molecule has 0 unspecified atom stereocenters. The van der Waals surface area contributed by atoms with E-state index in [4.69, 9.17) is 4.74 Å². The summed E-state index contributed by atoms with van der Waals surface area (Å²) in [6.07, 6.45) is 0. The summed E-state index contributed by atoms with van der Waals surface area (Å²) in [6, 6.07) is 5.92. The predicted octanol–water partition coefficient (Wildman–Crippen LogP) is -0.0574. The zero-order valence-electron chi connectivity index (χ0n) is 14.5. The van der Waals surface area contributed by atoms with Gasteiger partial charge in [-0.2, -0.15) is 0 Å². The molecule has 0 spiro atoms. The van der Waals surface area contributed by atoms with Crippen molar-refractivity contribution in [3.05, 3.63) is 35.4 Å². The first-order valence-electron chi connectivity index (χ1n) is 7.85. The fourth-order valence-corrected chi connectivity index (χ4v) is 2.26. The lowest BCUT2D eigenvalue weighted by Gasteiger charge is -2.13. The molecule has 1 saturated heterocycles. The maximum Gasteiger partial charge on any atom is 0.327 e. The molecule has 4 amide bonds. The second-order valence-corrected chi connectivity index (χ2v) is 5.81. The fraction of sp³-hybridized carbons (Fsp3) is 0.353. The molecule has 9 nitrogen and oxygen atoms in total. The minimum atomic E-state index is -0.836. The Morgan fingerprint density at radius 3 is 2.35 bits per heavy atom. The highest BCUT2D eigenvalue weighted by molar-refractivity contribution is 6.04. The molecular weight excluding hydrogens is 342 g/mol. The van der Waals surface area contributed by atoms with Crippen molar-refractivity contribution in [3.8, 4) is 0 Å². The molecule has 0 aliphatic carbocycles. The molecule has 0 saturated carbocycles. The average Bonchev–Trinajstić information content (AvgIpc) is 2.84. The van der Waals surface area contributed by atoms with Gasteiger partial charge >= 0.3 is 12.0 Å². The number of nitrogens with one attached hydrogen (secondary N) is 1. The monoisotopic (exact) mass is 361 g/mol. The van der Waals surface area contributed by atoms with Gasteiger partial charge < -0.3 is 15.0 Å². The Bertz CT molecular complexity index is 743. The van der Waals surface area contributed by atoms with Gasteiger partial charge in [-0.25, -0.2) is 4.79 Å². The van der Waals surface area contributed by atoms with E-state index in [2.05, 4.69) is 5.32 Å². The number of likely N-dealkylation sites (N-methyl/N-ethyl adjacent to an activating group) is 1. The lowest BCUT2D eigenvalue weighted by molar-refractivity contribution is -0.145. The van der Waals surface area contributed by atoms with Gasteiger partial charge in [-0.3, -0.25) is 24.1 Å². The quantitative estimate of drug-likeness (QED) is 0.414. The number of hydrogen-bond acceptors (Lipinski definition) is 6. The van der Waals surface area contributed by atoms with Crippen molar-refractivity contribution in [2.24, 2.45) is 0 Å². The first-order chi connectivity index (χ1) is 12.3. The molecule has 1 aromatic rings. The van der Waals surface area contributed by atoms with Crippen LogP contribution in [0.2, 0.25) is 0 Å². The van der Waals surface area contributed by atoms with Crippen molar-refractivity contribution < 1.29 is 28.7 Å². The van der Waals surface area contributed by atoms with Gasteiger partial charge in [-0.15, -0.1) is 0 Å². The van der Waals surface area contributed by atoms with Gasteiger partial charge in [0, 0.05) is 26.1 Å².